The second-order valence-electron chi connectivity index (χ2n) is 5.20. The number of carbonyl (C=O) groups is 1. The summed E-state index contributed by atoms with van der Waals surface area (Å²) in [5, 5.41) is 10.8. The Morgan fingerprint density at radius 1 is 1.35 bits per heavy atom. The lowest BCUT2D eigenvalue weighted by molar-refractivity contribution is -0.385. The molecule has 0 aliphatic heterocycles. The summed E-state index contributed by atoms with van der Waals surface area (Å²) in [5.74, 6) is -1.25. The number of nitro groups is 1. The molecule has 2 heterocycles. The van der Waals surface area contributed by atoms with Crippen molar-refractivity contribution in [3.05, 3.63) is 65.2 Å². The van der Waals surface area contributed by atoms with Gasteiger partial charge in [-0.2, -0.15) is 0 Å². The molecule has 2 rings (SSSR count). The highest BCUT2D eigenvalue weighted by Gasteiger charge is 2.20. The lowest BCUT2D eigenvalue weighted by atomic mass is 10.2. The molecule has 26 heavy (non-hydrogen) atoms. The number of nitrogens with one attached hydrogen (secondary N) is 1. The lowest BCUT2D eigenvalue weighted by Crippen LogP contribution is -2.38. The van der Waals surface area contributed by atoms with Gasteiger partial charge in [-0.05, 0) is 0 Å². The predicted octanol–water partition coefficient (Wildman–Crippen LogP) is -1.28. The second-order valence-corrected chi connectivity index (χ2v) is 5.20. The number of Topliss-reactive ketones (excluding diaryl/α,β-unsaturated/α-hetero) is 1. The molecule has 2 aromatic rings. The summed E-state index contributed by atoms with van der Waals surface area (Å²) in [4.78, 5) is 60.1. The normalized spacial score (nSPS) is 10.7. The van der Waals surface area contributed by atoms with E-state index in [9.17, 15) is 29.3 Å². The van der Waals surface area contributed by atoms with E-state index in [-0.39, 0.29) is 19.0 Å². The van der Waals surface area contributed by atoms with Gasteiger partial charge in [-0.1, -0.05) is 0 Å². The number of carbonyl (C=O) groups excluding carboxylic acids is 1. The summed E-state index contributed by atoms with van der Waals surface area (Å²) < 4.78 is 6.57. The Morgan fingerprint density at radius 2 is 2.04 bits per heavy atom. The van der Waals surface area contributed by atoms with Crippen LogP contribution in [0.4, 0.5) is 11.5 Å². The van der Waals surface area contributed by atoms with E-state index in [2.05, 4.69) is 0 Å². The summed E-state index contributed by atoms with van der Waals surface area (Å²) >= 11 is 0. The van der Waals surface area contributed by atoms with Gasteiger partial charge in [0.15, 0.2) is 5.78 Å². The fourth-order valence-electron chi connectivity index (χ4n) is 2.25. The minimum Gasteiger partial charge on any atom is -0.384 e. The molecule has 0 aliphatic rings. The van der Waals surface area contributed by atoms with Crippen LogP contribution < -0.4 is 22.5 Å². The number of nitrogens with two attached hydrogens (primary N) is 1. The van der Waals surface area contributed by atoms with Crippen molar-refractivity contribution in [3.8, 4) is 0 Å². The van der Waals surface area contributed by atoms with Crippen molar-refractivity contribution in [3.63, 3.8) is 0 Å². The molecule has 0 amide bonds. The number of anilines is 1. The van der Waals surface area contributed by atoms with Gasteiger partial charge in [-0.3, -0.25) is 34.0 Å². The van der Waals surface area contributed by atoms with Crippen LogP contribution in [-0.2, 0) is 17.8 Å². The number of pyridine rings is 1. The zero-order chi connectivity index (χ0) is 19.4. The number of aromatic nitrogens is 3. The number of nitrogen functional groups attached to an aromatic ring is 1. The van der Waals surface area contributed by atoms with E-state index in [0.29, 0.717) is 0 Å². The summed E-state index contributed by atoms with van der Waals surface area (Å²) in [5.41, 5.74) is 2.36. The zero-order valence-corrected chi connectivity index (χ0v) is 13.6. The number of hydrogen-bond donors (Lipinski definition) is 2. The fourth-order valence-corrected chi connectivity index (χ4v) is 2.25. The Morgan fingerprint density at radius 3 is 2.65 bits per heavy atom. The number of ether oxygens (including phenoxy) is 1. The minimum atomic E-state index is -1.01. The monoisotopic (exact) mass is 365 g/mol. The number of ketones is 1. The molecule has 138 valence electrons. The molecule has 3 N–H and O–H groups in total. The van der Waals surface area contributed by atoms with Crippen LogP contribution in [0.5, 0.6) is 0 Å². The van der Waals surface area contributed by atoms with Crippen LogP contribution in [0.3, 0.4) is 0 Å². The molecule has 0 fully saturated rings. The fraction of sp³-hybridized carbons (Fsp3) is 0.286. The van der Waals surface area contributed by atoms with Crippen molar-refractivity contribution >= 4 is 17.3 Å². The molecule has 0 bridgehead atoms. The Labute approximate surface area is 144 Å². The van der Waals surface area contributed by atoms with Crippen molar-refractivity contribution in [1.29, 1.82) is 0 Å². The van der Waals surface area contributed by atoms with Gasteiger partial charge in [-0.25, -0.2) is 4.79 Å². The van der Waals surface area contributed by atoms with E-state index < -0.39 is 45.3 Å². The maximum Gasteiger partial charge on any atom is 0.330 e. The molecule has 12 heteroatoms. The molecule has 0 saturated heterocycles. The van der Waals surface area contributed by atoms with Crippen molar-refractivity contribution in [2.45, 2.75) is 13.1 Å². The Kier molecular flexibility index (Phi) is 5.47. The molecule has 2 aromatic heterocycles. The summed E-state index contributed by atoms with van der Waals surface area (Å²) in [6, 6.07) is 1.92. The highest BCUT2D eigenvalue weighted by Crippen LogP contribution is 2.09. The maximum absolute atomic E-state index is 12.5. The van der Waals surface area contributed by atoms with Crippen LogP contribution in [0.1, 0.15) is 10.4 Å². The van der Waals surface area contributed by atoms with Gasteiger partial charge in [0.05, 0.1) is 30.8 Å². The smallest absolute Gasteiger partial charge is 0.330 e. The molecule has 0 aliphatic carbocycles. The predicted molar refractivity (Wildman–Crippen MR) is 89.3 cm³/mol. The maximum atomic E-state index is 12.5. The van der Waals surface area contributed by atoms with Gasteiger partial charge in [0, 0.05) is 19.2 Å². The Balaban J connectivity index is 2.46. The second kappa shape index (κ2) is 7.57. The number of hydrogen-bond acceptors (Lipinski definition) is 8. The average Bonchev–Trinajstić information content (AvgIpc) is 2.56. The number of nitrogens with zero attached hydrogens (tertiary/aromatic N) is 3. The molecular weight excluding hydrogens is 350 g/mol. The third kappa shape index (κ3) is 3.75. The van der Waals surface area contributed by atoms with E-state index in [0.717, 1.165) is 27.5 Å². The van der Waals surface area contributed by atoms with Crippen LogP contribution in [0.25, 0.3) is 0 Å². The summed E-state index contributed by atoms with van der Waals surface area (Å²) in [6.45, 7) is -0.556. The molecule has 0 radical (unpaired) electrons. The van der Waals surface area contributed by atoms with Gasteiger partial charge in [-0.15, -0.1) is 0 Å². The molecule has 0 atom stereocenters. The number of H-pyrrole nitrogens is 1. The van der Waals surface area contributed by atoms with Gasteiger partial charge >= 0.3 is 5.69 Å². The SMILES string of the molecule is COCCn1c(N)c(C(=O)Cn2cc([N+](=O)[O-])ccc2=O)c(=O)[nH]c1=O. The van der Waals surface area contributed by atoms with E-state index in [1.54, 1.807) is 0 Å². The Hall–Kier alpha value is -3.54. The molecule has 0 saturated carbocycles. The zero-order valence-electron chi connectivity index (χ0n) is 13.6. The number of rotatable bonds is 7. The first-order valence-corrected chi connectivity index (χ1v) is 7.26. The third-order valence-electron chi connectivity index (χ3n) is 3.53. The molecule has 0 spiro atoms. The van der Waals surface area contributed by atoms with Gasteiger partial charge in [0.25, 0.3) is 16.8 Å². The molecule has 0 unspecified atom stereocenters. The van der Waals surface area contributed by atoms with Crippen LogP contribution in [0.2, 0.25) is 0 Å². The van der Waals surface area contributed by atoms with Crippen molar-refractivity contribution in [1.82, 2.24) is 14.1 Å². The highest BCUT2D eigenvalue weighted by atomic mass is 16.6. The van der Waals surface area contributed by atoms with E-state index in [4.69, 9.17) is 10.5 Å². The van der Waals surface area contributed by atoms with Crippen LogP contribution >= 0.6 is 0 Å². The molecule has 12 nitrogen and oxygen atoms in total. The topological polar surface area (TPSA) is 172 Å². The largest absolute Gasteiger partial charge is 0.384 e. The highest BCUT2D eigenvalue weighted by molar-refractivity contribution is 5.99. The van der Waals surface area contributed by atoms with Gasteiger partial charge in [0.2, 0.25) is 0 Å². The van der Waals surface area contributed by atoms with Crippen molar-refractivity contribution in [2.24, 2.45) is 0 Å². The van der Waals surface area contributed by atoms with Crippen molar-refractivity contribution < 1.29 is 14.5 Å². The molecular formula is C14H15N5O7. The first kappa shape index (κ1) is 18.8. The standard InChI is InChI=1S/C14H15N5O7/c1-26-5-4-18-12(15)11(13(22)16-14(18)23)9(20)7-17-6-8(19(24)25)2-3-10(17)21/h2-3,6H,4-5,7,15H2,1H3,(H,16,22,23). The third-order valence-corrected chi connectivity index (χ3v) is 3.53. The summed E-state index contributed by atoms with van der Waals surface area (Å²) in [6.07, 6.45) is 0.881. The van der Waals surface area contributed by atoms with E-state index in [1.165, 1.54) is 7.11 Å². The average molecular weight is 365 g/mol. The molecule has 0 aromatic carbocycles. The van der Waals surface area contributed by atoms with E-state index in [1.807, 2.05) is 4.98 Å². The minimum absolute atomic E-state index is 0.00498. The quantitative estimate of drug-likeness (QED) is 0.347. The number of aromatic amines is 1. The van der Waals surface area contributed by atoms with Crippen molar-refractivity contribution in [2.75, 3.05) is 19.5 Å². The first-order chi connectivity index (χ1) is 12.3. The van der Waals surface area contributed by atoms with E-state index >= 15 is 0 Å². The van der Waals surface area contributed by atoms with Gasteiger partial charge in [0.1, 0.15) is 11.4 Å². The first-order valence-electron chi connectivity index (χ1n) is 7.26. The summed E-state index contributed by atoms with van der Waals surface area (Å²) in [7, 11) is 1.40. The lowest BCUT2D eigenvalue weighted by Gasteiger charge is -2.12. The number of methoxy groups -OCH3 is 1. The van der Waals surface area contributed by atoms with Crippen LogP contribution in [0, 0.1) is 10.1 Å². The Bertz CT molecular complexity index is 1030. The van der Waals surface area contributed by atoms with Gasteiger partial charge < -0.3 is 15.0 Å². The van der Waals surface area contributed by atoms with Crippen LogP contribution in [-0.4, -0.2) is 38.5 Å². The van der Waals surface area contributed by atoms with Crippen LogP contribution in [0.15, 0.2) is 32.7 Å².